The van der Waals surface area contributed by atoms with Gasteiger partial charge in [0, 0.05) is 60.7 Å². The molecule has 0 saturated carbocycles. The second-order valence-corrected chi connectivity index (χ2v) is 13.6. The molecule has 7 aromatic carbocycles. The summed E-state index contributed by atoms with van der Waals surface area (Å²) in [6, 6.07) is 58.6. The summed E-state index contributed by atoms with van der Waals surface area (Å²) in [4.78, 5) is 4.96. The Morgan fingerprint density at radius 1 is 0.365 bits per heavy atom. The maximum absolute atomic E-state index is 6.93. The highest BCUT2D eigenvalue weighted by Gasteiger charge is 2.22. The van der Waals surface area contributed by atoms with Crippen molar-refractivity contribution >= 4 is 87.5 Å². The molecule has 5 heterocycles. The van der Waals surface area contributed by atoms with Crippen molar-refractivity contribution < 1.29 is 4.42 Å². The molecule has 242 valence electrons. The van der Waals surface area contributed by atoms with Gasteiger partial charge in [-0.25, -0.2) is 4.98 Å². The van der Waals surface area contributed by atoms with Gasteiger partial charge in [-0.1, -0.05) is 91.0 Å². The third-order valence-corrected chi connectivity index (χ3v) is 10.9. The number of para-hydroxylation sites is 5. The van der Waals surface area contributed by atoms with E-state index in [1.807, 2.05) is 12.3 Å². The summed E-state index contributed by atoms with van der Waals surface area (Å²) in [5.74, 6) is 0. The summed E-state index contributed by atoms with van der Waals surface area (Å²) in [5.41, 5.74) is 11.4. The van der Waals surface area contributed by atoms with Crippen LogP contribution in [-0.2, 0) is 0 Å². The van der Waals surface area contributed by atoms with Crippen LogP contribution >= 0.6 is 0 Å². The number of benzene rings is 7. The lowest BCUT2D eigenvalue weighted by molar-refractivity contribution is 0.666. The van der Waals surface area contributed by atoms with Crippen LogP contribution in [0, 0.1) is 0 Å². The topological polar surface area (TPSA) is 40.8 Å². The lowest BCUT2D eigenvalue weighted by atomic mass is 10.1. The Morgan fingerprint density at radius 3 is 1.40 bits per heavy atom. The maximum Gasteiger partial charge on any atom is 0.159 e. The van der Waals surface area contributed by atoms with Gasteiger partial charge < -0.3 is 13.6 Å². The first-order valence-corrected chi connectivity index (χ1v) is 17.6. The Hall–Kier alpha value is -7.11. The Kier molecular flexibility index (Phi) is 5.44. The third kappa shape index (κ3) is 3.64. The highest BCUT2D eigenvalue weighted by atomic mass is 16.3. The van der Waals surface area contributed by atoms with Crippen LogP contribution in [0.4, 0.5) is 0 Å². The largest absolute Gasteiger partial charge is 0.454 e. The third-order valence-electron chi connectivity index (χ3n) is 10.9. The fraction of sp³-hybridized carbons (Fsp3) is 0. The van der Waals surface area contributed by atoms with Crippen molar-refractivity contribution in [2.45, 2.75) is 0 Å². The van der Waals surface area contributed by atoms with Gasteiger partial charge in [-0.15, -0.1) is 0 Å². The van der Waals surface area contributed by atoms with Crippen molar-refractivity contribution in [1.29, 1.82) is 0 Å². The number of hydrogen-bond donors (Lipinski definition) is 0. The first-order chi connectivity index (χ1) is 25.8. The van der Waals surface area contributed by atoms with Gasteiger partial charge in [0.2, 0.25) is 0 Å². The standard InChI is InChI=1S/C47H28N4O/c1-6-18-39-31(12-1)32-13-2-7-19-40(32)49(39)29-23-24-45-37(26-29)38-27-30(50-41-20-8-3-14-33(41)34-15-4-9-21-42(34)50)28-44(46(38)52-45)51-43-22-10-5-16-35(43)36-17-11-25-48-47(36)51/h1-28H. The van der Waals surface area contributed by atoms with E-state index in [0.717, 1.165) is 72.0 Å². The van der Waals surface area contributed by atoms with Gasteiger partial charge in [-0.2, -0.15) is 0 Å². The molecule has 5 aromatic heterocycles. The van der Waals surface area contributed by atoms with Crippen molar-refractivity contribution in [3.05, 3.63) is 170 Å². The van der Waals surface area contributed by atoms with Gasteiger partial charge in [-0.05, 0) is 72.8 Å². The fourth-order valence-corrected chi connectivity index (χ4v) is 8.71. The number of furan rings is 1. The number of pyridine rings is 1. The molecule has 12 aromatic rings. The first kappa shape index (κ1) is 27.7. The Bertz CT molecular complexity index is 3270. The van der Waals surface area contributed by atoms with Crippen molar-refractivity contribution in [3.8, 4) is 17.1 Å². The second-order valence-electron chi connectivity index (χ2n) is 13.6. The van der Waals surface area contributed by atoms with Gasteiger partial charge in [0.05, 0.1) is 33.3 Å². The summed E-state index contributed by atoms with van der Waals surface area (Å²) >= 11 is 0. The molecule has 12 rings (SSSR count). The molecule has 0 saturated heterocycles. The number of fused-ring (bicyclic) bond motifs is 12. The van der Waals surface area contributed by atoms with Gasteiger partial charge in [0.25, 0.3) is 0 Å². The molecule has 0 radical (unpaired) electrons. The van der Waals surface area contributed by atoms with Crippen LogP contribution in [0.3, 0.4) is 0 Å². The minimum absolute atomic E-state index is 0.826. The summed E-state index contributed by atoms with van der Waals surface area (Å²) < 4.78 is 14.0. The summed E-state index contributed by atoms with van der Waals surface area (Å²) in [6.07, 6.45) is 1.88. The molecule has 0 fully saturated rings. The predicted octanol–water partition coefficient (Wildman–Crippen LogP) is 12.3. The molecule has 0 N–H and O–H groups in total. The average Bonchev–Trinajstić information content (AvgIpc) is 3.94. The van der Waals surface area contributed by atoms with Crippen LogP contribution in [0.15, 0.2) is 174 Å². The number of nitrogens with zero attached hydrogens (tertiary/aromatic N) is 4. The number of aromatic nitrogens is 4. The van der Waals surface area contributed by atoms with E-state index in [0.29, 0.717) is 0 Å². The van der Waals surface area contributed by atoms with Crippen molar-refractivity contribution in [1.82, 2.24) is 18.7 Å². The number of rotatable bonds is 3. The smallest absolute Gasteiger partial charge is 0.159 e. The molecule has 0 spiro atoms. The van der Waals surface area contributed by atoms with E-state index >= 15 is 0 Å². The molecule has 5 nitrogen and oxygen atoms in total. The molecule has 0 atom stereocenters. The summed E-state index contributed by atoms with van der Waals surface area (Å²) in [6.45, 7) is 0. The second kappa shape index (κ2) is 10.2. The zero-order valence-corrected chi connectivity index (χ0v) is 27.9. The van der Waals surface area contributed by atoms with Crippen LogP contribution in [0.1, 0.15) is 0 Å². The van der Waals surface area contributed by atoms with Crippen molar-refractivity contribution in [3.63, 3.8) is 0 Å². The van der Waals surface area contributed by atoms with Gasteiger partial charge in [0.15, 0.2) is 5.58 Å². The van der Waals surface area contributed by atoms with E-state index < -0.39 is 0 Å². The Balaban J connectivity index is 1.23. The summed E-state index contributed by atoms with van der Waals surface area (Å²) in [7, 11) is 0. The lowest BCUT2D eigenvalue weighted by Crippen LogP contribution is -2.00. The zero-order valence-electron chi connectivity index (χ0n) is 27.9. The molecule has 52 heavy (non-hydrogen) atoms. The first-order valence-electron chi connectivity index (χ1n) is 17.6. The van der Waals surface area contributed by atoms with E-state index in [2.05, 4.69) is 171 Å². The maximum atomic E-state index is 6.93. The lowest BCUT2D eigenvalue weighted by Gasteiger charge is -2.13. The predicted molar refractivity (Wildman–Crippen MR) is 215 cm³/mol. The molecule has 0 amide bonds. The molecular weight excluding hydrogens is 637 g/mol. The monoisotopic (exact) mass is 664 g/mol. The normalized spacial score (nSPS) is 12.2. The van der Waals surface area contributed by atoms with E-state index in [1.165, 1.54) is 32.6 Å². The highest BCUT2D eigenvalue weighted by molar-refractivity contribution is 6.15. The van der Waals surface area contributed by atoms with Gasteiger partial charge in [0.1, 0.15) is 11.2 Å². The molecular formula is C47H28N4O. The minimum Gasteiger partial charge on any atom is -0.454 e. The zero-order chi connectivity index (χ0) is 33.9. The van der Waals surface area contributed by atoms with E-state index in [-0.39, 0.29) is 0 Å². The highest BCUT2D eigenvalue weighted by Crippen LogP contribution is 2.42. The molecule has 0 bridgehead atoms. The van der Waals surface area contributed by atoms with E-state index in [4.69, 9.17) is 9.40 Å². The van der Waals surface area contributed by atoms with Crippen molar-refractivity contribution in [2.75, 3.05) is 0 Å². The van der Waals surface area contributed by atoms with E-state index in [9.17, 15) is 0 Å². The van der Waals surface area contributed by atoms with Crippen LogP contribution in [-0.4, -0.2) is 18.7 Å². The molecule has 0 aliphatic heterocycles. The van der Waals surface area contributed by atoms with Crippen LogP contribution < -0.4 is 0 Å². The molecule has 0 aliphatic carbocycles. The van der Waals surface area contributed by atoms with Gasteiger partial charge in [-0.3, -0.25) is 4.57 Å². The Morgan fingerprint density at radius 2 is 0.827 bits per heavy atom. The number of hydrogen-bond acceptors (Lipinski definition) is 2. The van der Waals surface area contributed by atoms with Crippen LogP contribution in [0.2, 0.25) is 0 Å². The quantitative estimate of drug-likeness (QED) is 0.189. The SMILES string of the molecule is c1ccc2c(c1)c1ccccc1n2-c1ccc2oc3c(-n4c5ccccc5c5cccnc54)cc(-n4c5ccccc5c5ccccc54)cc3c2c1. The van der Waals surface area contributed by atoms with Crippen molar-refractivity contribution in [2.24, 2.45) is 0 Å². The minimum atomic E-state index is 0.826. The van der Waals surface area contributed by atoms with Crippen LogP contribution in [0.5, 0.6) is 0 Å². The molecule has 0 aliphatic rings. The van der Waals surface area contributed by atoms with Gasteiger partial charge >= 0.3 is 0 Å². The van der Waals surface area contributed by atoms with E-state index in [1.54, 1.807) is 0 Å². The Labute approximate surface area is 296 Å². The van der Waals surface area contributed by atoms with Crippen LogP contribution in [0.25, 0.3) is 105 Å². The summed E-state index contributed by atoms with van der Waals surface area (Å²) in [5, 5.41) is 9.31. The molecule has 5 heteroatoms. The molecule has 0 unspecified atom stereocenters. The fourth-order valence-electron chi connectivity index (χ4n) is 8.71. The average molecular weight is 665 g/mol.